The largest absolute Gasteiger partial charge is 0.472 e. The number of carbonyl (C=O) groups is 4. The molecule has 0 spiro atoms. The maximum atomic E-state index is 13.1. The number of carbonyl (C=O) groups excluding carboxylic acids is 4. The number of aliphatic hydroxyl groups excluding tert-OH is 1. The van der Waals surface area contributed by atoms with Gasteiger partial charge in [0.05, 0.1) is 26.4 Å². The lowest BCUT2D eigenvalue weighted by atomic mass is 10.0. The van der Waals surface area contributed by atoms with Gasteiger partial charge >= 0.3 is 39.5 Å². The summed E-state index contributed by atoms with van der Waals surface area (Å²) < 4.78 is 68.6. The van der Waals surface area contributed by atoms with Crippen molar-refractivity contribution in [1.29, 1.82) is 0 Å². The zero-order chi connectivity index (χ0) is 72.7. The molecule has 0 aliphatic carbocycles. The Bertz CT molecular complexity index is 1890. The predicted octanol–water partition coefficient (Wildman–Crippen LogP) is 24.0. The zero-order valence-electron chi connectivity index (χ0n) is 64.6. The summed E-state index contributed by atoms with van der Waals surface area (Å²) >= 11 is 0. The molecule has 2 unspecified atom stereocenters. The van der Waals surface area contributed by atoms with Gasteiger partial charge in [0.2, 0.25) is 0 Å². The van der Waals surface area contributed by atoms with E-state index < -0.39 is 97.5 Å². The molecule has 0 bridgehead atoms. The van der Waals surface area contributed by atoms with E-state index in [0.717, 1.165) is 95.8 Å². The molecular formula is C80H156O17P2. The summed E-state index contributed by atoms with van der Waals surface area (Å²) in [4.78, 5) is 72.9. The lowest BCUT2D eigenvalue weighted by Gasteiger charge is -2.21. The number of hydrogen-bond donors (Lipinski definition) is 3. The molecule has 99 heavy (non-hydrogen) atoms. The third-order valence-corrected chi connectivity index (χ3v) is 20.7. The second-order valence-corrected chi connectivity index (χ2v) is 32.2. The van der Waals surface area contributed by atoms with E-state index in [1.54, 1.807) is 0 Å². The predicted molar refractivity (Wildman–Crippen MR) is 405 cm³/mol. The smallest absolute Gasteiger partial charge is 0.462 e. The topological polar surface area (TPSA) is 237 Å². The fraction of sp³-hybridized carbons (Fsp3) is 0.950. The summed E-state index contributed by atoms with van der Waals surface area (Å²) in [5.41, 5.74) is 0. The molecule has 588 valence electrons. The lowest BCUT2D eigenvalue weighted by molar-refractivity contribution is -0.161. The summed E-state index contributed by atoms with van der Waals surface area (Å²) in [5, 5.41) is 10.6. The number of aliphatic hydroxyl groups is 1. The van der Waals surface area contributed by atoms with Crippen LogP contribution in [0.2, 0.25) is 0 Å². The first-order valence-electron chi connectivity index (χ1n) is 41.6. The fourth-order valence-electron chi connectivity index (χ4n) is 12.4. The van der Waals surface area contributed by atoms with Crippen LogP contribution in [-0.4, -0.2) is 96.7 Å². The standard InChI is InChI=1S/C80H156O17P2/c1-6-9-12-15-18-21-23-24-25-26-30-33-36-40-44-49-54-59-64-78(83)91-70-76(97-80(85)66-61-56-51-46-41-37-34-31-28-27-29-32-35-39-43-47-52-57-62-73(4)5)72-95-99(88,89)93-68-74(81)67-92-98(86,87)94-71-75(69-90-77(82)63-58-53-48-42-20-17-14-11-8-3)96-79(84)65-60-55-50-45-38-22-19-16-13-10-7-2/h73-76,81H,6-72H2,1-5H3,(H,86,87)(H,88,89)/t74-,75+,76+/m0/s1. The van der Waals surface area contributed by atoms with E-state index in [1.807, 2.05) is 0 Å². The number of esters is 4. The van der Waals surface area contributed by atoms with Gasteiger partial charge in [0.25, 0.3) is 0 Å². The zero-order valence-corrected chi connectivity index (χ0v) is 66.4. The van der Waals surface area contributed by atoms with E-state index in [0.29, 0.717) is 25.7 Å². The molecule has 19 heteroatoms. The van der Waals surface area contributed by atoms with Crippen molar-refractivity contribution in [3.8, 4) is 0 Å². The van der Waals surface area contributed by atoms with Crippen molar-refractivity contribution >= 4 is 39.5 Å². The van der Waals surface area contributed by atoms with Gasteiger partial charge < -0.3 is 33.8 Å². The number of unbranched alkanes of at least 4 members (excludes halogenated alkanes) is 52. The number of ether oxygens (including phenoxy) is 4. The first kappa shape index (κ1) is 97.1. The van der Waals surface area contributed by atoms with Crippen molar-refractivity contribution in [2.24, 2.45) is 5.92 Å². The average Bonchev–Trinajstić information content (AvgIpc) is 1.23. The van der Waals surface area contributed by atoms with Gasteiger partial charge in [-0.3, -0.25) is 37.3 Å². The summed E-state index contributed by atoms with van der Waals surface area (Å²) in [6.07, 6.45) is 63.9. The SMILES string of the molecule is CCCCCCCCCCCCCCCCCCCCC(=O)OC[C@H](COP(=O)(O)OC[C@@H](O)COP(=O)(O)OC[C@@H](COC(=O)CCCCCCCCCCC)OC(=O)CCCCCCCCCCCCC)OC(=O)CCCCCCCCCCCCCCCCCCCCC(C)C. The van der Waals surface area contributed by atoms with Crippen molar-refractivity contribution < 1.29 is 80.2 Å². The first-order chi connectivity index (χ1) is 48.0. The molecule has 0 fully saturated rings. The van der Waals surface area contributed by atoms with Gasteiger partial charge in [0, 0.05) is 25.7 Å². The quantitative estimate of drug-likeness (QED) is 0.0222. The van der Waals surface area contributed by atoms with E-state index in [2.05, 4.69) is 34.6 Å². The highest BCUT2D eigenvalue weighted by Crippen LogP contribution is 2.45. The molecule has 0 heterocycles. The van der Waals surface area contributed by atoms with E-state index in [9.17, 15) is 43.2 Å². The van der Waals surface area contributed by atoms with E-state index in [1.165, 1.54) is 250 Å². The Morgan fingerprint density at radius 3 is 0.687 bits per heavy atom. The lowest BCUT2D eigenvalue weighted by Crippen LogP contribution is -2.30. The summed E-state index contributed by atoms with van der Waals surface area (Å²) in [6, 6.07) is 0. The van der Waals surface area contributed by atoms with Crippen LogP contribution in [0.1, 0.15) is 426 Å². The minimum atomic E-state index is -4.96. The van der Waals surface area contributed by atoms with Crippen LogP contribution in [-0.2, 0) is 65.4 Å². The Labute approximate surface area is 607 Å². The number of hydrogen-bond acceptors (Lipinski definition) is 15. The van der Waals surface area contributed by atoms with Crippen LogP contribution in [0.4, 0.5) is 0 Å². The molecule has 0 aromatic heterocycles. The van der Waals surface area contributed by atoms with Gasteiger partial charge in [-0.2, -0.15) is 0 Å². The van der Waals surface area contributed by atoms with E-state index >= 15 is 0 Å². The normalized spacial score (nSPS) is 13.9. The molecule has 0 amide bonds. The van der Waals surface area contributed by atoms with Crippen molar-refractivity contribution in [2.45, 2.75) is 445 Å². The monoisotopic (exact) mass is 1450 g/mol. The molecule has 0 radical (unpaired) electrons. The second kappa shape index (κ2) is 73.0. The molecule has 3 N–H and O–H groups in total. The van der Waals surface area contributed by atoms with Crippen LogP contribution in [0.25, 0.3) is 0 Å². The molecule has 0 rings (SSSR count). The number of phosphoric ester groups is 2. The van der Waals surface area contributed by atoms with Gasteiger partial charge in [-0.1, -0.05) is 375 Å². The highest BCUT2D eigenvalue weighted by atomic mass is 31.2. The first-order valence-corrected chi connectivity index (χ1v) is 44.6. The number of rotatable bonds is 80. The minimum absolute atomic E-state index is 0.107. The van der Waals surface area contributed by atoms with Crippen LogP contribution < -0.4 is 0 Å². The molecule has 5 atom stereocenters. The Hall–Kier alpha value is -1.94. The highest BCUT2D eigenvalue weighted by molar-refractivity contribution is 7.47. The Morgan fingerprint density at radius 1 is 0.273 bits per heavy atom. The summed E-state index contributed by atoms with van der Waals surface area (Å²) in [7, 11) is -9.91. The van der Waals surface area contributed by atoms with Crippen molar-refractivity contribution in [2.75, 3.05) is 39.6 Å². The molecule has 0 aliphatic rings. The maximum absolute atomic E-state index is 13.1. The molecule has 0 aromatic rings. The Morgan fingerprint density at radius 2 is 0.465 bits per heavy atom. The second-order valence-electron chi connectivity index (χ2n) is 29.3. The fourth-order valence-corrected chi connectivity index (χ4v) is 14.0. The molecule has 0 saturated carbocycles. The molecule has 0 aromatic carbocycles. The number of phosphoric acid groups is 2. The van der Waals surface area contributed by atoms with Gasteiger partial charge in [0.1, 0.15) is 19.3 Å². The van der Waals surface area contributed by atoms with E-state index in [-0.39, 0.29) is 25.7 Å². The maximum Gasteiger partial charge on any atom is 0.472 e. The van der Waals surface area contributed by atoms with Gasteiger partial charge in [0.15, 0.2) is 12.2 Å². The summed E-state index contributed by atoms with van der Waals surface area (Å²) in [6.45, 7) is 7.34. The van der Waals surface area contributed by atoms with Crippen molar-refractivity contribution in [1.82, 2.24) is 0 Å². The average molecular weight is 1450 g/mol. The minimum Gasteiger partial charge on any atom is -0.462 e. The van der Waals surface area contributed by atoms with Gasteiger partial charge in [-0.25, -0.2) is 9.13 Å². The van der Waals surface area contributed by atoms with Crippen LogP contribution in [0.5, 0.6) is 0 Å². The van der Waals surface area contributed by atoms with E-state index in [4.69, 9.17) is 37.0 Å². The Kier molecular flexibility index (Phi) is 71.6. The van der Waals surface area contributed by atoms with Gasteiger partial charge in [-0.05, 0) is 31.6 Å². The summed E-state index contributed by atoms with van der Waals surface area (Å²) in [5.74, 6) is -1.29. The highest BCUT2D eigenvalue weighted by Gasteiger charge is 2.30. The third-order valence-electron chi connectivity index (χ3n) is 18.8. The van der Waals surface area contributed by atoms with Crippen LogP contribution in [0.15, 0.2) is 0 Å². The molecule has 17 nitrogen and oxygen atoms in total. The van der Waals surface area contributed by atoms with Crippen LogP contribution in [0.3, 0.4) is 0 Å². The van der Waals surface area contributed by atoms with Crippen molar-refractivity contribution in [3.05, 3.63) is 0 Å². The van der Waals surface area contributed by atoms with Crippen LogP contribution in [0, 0.1) is 5.92 Å². The third kappa shape index (κ3) is 74.1. The molecule has 0 saturated heterocycles. The van der Waals surface area contributed by atoms with Gasteiger partial charge in [-0.15, -0.1) is 0 Å². The van der Waals surface area contributed by atoms with Crippen molar-refractivity contribution in [3.63, 3.8) is 0 Å². The van der Waals surface area contributed by atoms with Crippen LogP contribution >= 0.6 is 15.6 Å². The molecular weight excluding hydrogens is 1290 g/mol. The Balaban J connectivity index is 5.18. The molecule has 0 aliphatic heterocycles.